The van der Waals surface area contributed by atoms with Gasteiger partial charge in [-0.1, -0.05) is 43.2 Å². The Bertz CT molecular complexity index is 1010. The highest BCUT2D eigenvalue weighted by atomic mass is 32.2. The molecule has 2 N–H and O–H groups in total. The van der Waals surface area contributed by atoms with Crippen molar-refractivity contribution in [3.05, 3.63) is 47.0 Å². The van der Waals surface area contributed by atoms with Gasteiger partial charge in [-0.2, -0.15) is 0 Å². The van der Waals surface area contributed by atoms with Gasteiger partial charge >= 0.3 is 12.0 Å². The van der Waals surface area contributed by atoms with E-state index in [1.807, 2.05) is 12.1 Å². The summed E-state index contributed by atoms with van der Waals surface area (Å²) in [5.74, 6) is 1.45. The number of thioether (sulfide) groups is 1. The maximum Gasteiger partial charge on any atom is 0.338 e. The molecule has 2 aliphatic rings. The molecule has 9 nitrogen and oxygen atoms in total. The van der Waals surface area contributed by atoms with Gasteiger partial charge in [0, 0.05) is 17.4 Å². The summed E-state index contributed by atoms with van der Waals surface area (Å²) in [7, 11) is 1.58. The number of hydrogen-bond donors (Lipinski definition) is 2. The van der Waals surface area contributed by atoms with Crippen molar-refractivity contribution in [3.63, 3.8) is 0 Å². The van der Waals surface area contributed by atoms with Crippen molar-refractivity contribution < 1.29 is 23.5 Å². The van der Waals surface area contributed by atoms with Crippen LogP contribution in [0.5, 0.6) is 5.75 Å². The van der Waals surface area contributed by atoms with Gasteiger partial charge in [0.25, 0.3) is 5.22 Å². The molecule has 1 unspecified atom stereocenters. The maximum absolute atomic E-state index is 12.9. The van der Waals surface area contributed by atoms with Crippen LogP contribution < -0.4 is 15.4 Å². The molecule has 1 atom stereocenters. The zero-order valence-corrected chi connectivity index (χ0v) is 19.6. The van der Waals surface area contributed by atoms with Crippen molar-refractivity contribution in [2.45, 2.75) is 56.2 Å². The summed E-state index contributed by atoms with van der Waals surface area (Å²) in [4.78, 5) is 25.3. The largest absolute Gasteiger partial charge is 0.497 e. The second-order valence-corrected chi connectivity index (χ2v) is 8.87. The number of nitrogens with zero attached hydrogens (tertiary/aromatic N) is 2. The number of esters is 1. The summed E-state index contributed by atoms with van der Waals surface area (Å²) in [6, 6.07) is 6.14. The van der Waals surface area contributed by atoms with Crippen molar-refractivity contribution in [1.29, 1.82) is 0 Å². The third kappa shape index (κ3) is 5.50. The van der Waals surface area contributed by atoms with Crippen LogP contribution in [0.1, 0.15) is 62.4 Å². The summed E-state index contributed by atoms with van der Waals surface area (Å²) in [6.07, 6.45) is 5.74. The van der Waals surface area contributed by atoms with Gasteiger partial charge in [0.15, 0.2) is 0 Å². The lowest BCUT2D eigenvalue weighted by Gasteiger charge is -2.29. The van der Waals surface area contributed by atoms with E-state index in [0.717, 1.165) is 18.4 Å². The topological polar surface area (TPSA) is 116 Å². The number of carbonyl (C=O) groups excluding carboxylic acids is 2. The number of ether oxygens (including phenoxy) is 2. The van der Waals surface area contributed by atoms with Crippen molar-refractivity contribution in [3.8, 4) is 5.75 Å². The van der Waals surface area contributed by atoms with Gasteiger partial charge in [0.05, 0.1) is 25.3 Å². The molecule has 0 bridgehead atoms. The number of nitrogens with one attached hydrogen (secondary N) is 2. The van der Waals surface area contributed by atoms with E-state index in [1.54, 1.807) is 26.2 Å². The molecule has 0 radical (unpaired) electrons. The van der Waals surface area contributed by atoms with Gasteiger partial charge in [-0.15, -0.1) is 10.2 Å². The first-order chi connectivity index (χ1) is 16.1. The predicted molar refractivity (Wildman–Crippen MR) is 122 cm³/mol. The zero-order chi connectivity index (χ0) is 23.2. The van der Waals surface area contributed by atoms with Crippen molar-refractivity contribution in [2.75, 3.05) is 19.5 Å². The molecule has 0 spiro atoms. The van der Waals surface area contributed by atoms with E-state index >= 15 is 0 Å². The van der Waals surface area contributed by atoms with E-state index in [1.165, 1.54) is 31.0 Å². The smallest absolute Gasteiger partial charge is 0.338 e. The van der Waals surface area contributed by atoms with Crippen LogP contribution in [0.25, 0.3) is 0 Å². The predicted octanol–water partition coefficient (Wildman–Crippen LogP) is 4.09. The molecule has 1 aliphatic heterocycles. The third-order valence-electron chi connectivity index (χ3n) is 5.81. The Balaban J connectivity index is 1.57. The molecule has 2 amide bonds. The number of urea groups is 1. The molecule has 33 heavy (non-hydrogen) atoms. The van der Waals surface area contributed by atoms with Crippen LogP contribution in [0, 0.1) is 0 Å². The Morgan fingerprint density at radius 2 is 1.94 bits per heavy atom. The van der Waals surface area contributed by atoms with Gasteiger partial charge in [0.1, 0.15) is 5.75 Å². The van der Waals surface area contributed by atoms with Crippen molar-refractivity contribution in [1.82, 2.24) is 20.8 Å². The Morgan fingerprint density at radius 3 is 2.64 bits per heavy atom. The van der Waals surface area contributed by atoms with E-state index in [-0.39, 0.29) is 12.4 Å². The van der Waals surface area contributed by atoms with Gasteiger partial charge in [-0.05, 0) is 37.5 Å². The van der Waals surface area contributed by atoms with Crippen LogP contribution in [0.15, 0.2) is 45.2 Å². The summed E-state index contributed by atoms with van der Waals surface area (Å²) in [6.45, 7) is 1.97. The van der Waals surface area contributed by atoms with E-state index in [4.69, 9.17) is 13.9 Å². The number of amides is 2. The van der Waals surface area contributed by atoms with Crippen LogP contribution >= 0.6 is 11.8 Å². The summed E-state index contributed by atoms with van der Waals surface area (Å²) in [5.41, 5.74) is 1.55. The molecular formula is C23H28N4O5S. The minimum Gasteiger partial charge on any atom is -0.497 e. The minimum absolute atomic E-state index is 0.223. The number of benzene rings is 1. The Labute approximate surface area is 196 Å². The van der Waals surface area contributed by atoms with Gasteiger partial charge < -0.3 is 24.5 Å². The average molecular weight is 473 g/mol. The maximum atomic E-state index is 12.9. The van der Waals surface area contributed by atoms with Crippen LogP contribution in [0.4, 0.5) is 4.79 Å². The quantitative estimate of drug-likeness (QED) is 0.436. The molecular weight excluding hydrogens is 444 g/mol. The van der Waals surface area contributed by atoms with Crippen LogP contribution in [0.3, 0.4) is 0 Å². The number of hydrogen-bond acceptors (Lipinski definition) is 8. The average Bonchev–Trinajstić information content (AvgIpc) is 3.32. The van der Waals surface area contributed by atoms with Crippen LogP contribution in [-0.2, 0) is 9.53 Å². The number of methoxy groups -OCH3 is 1. The van der Waals surface area contributed by atoms with Crippen molar-refractivity contribution >= 4 is 23.8 Å². The van der Waals surface area contributed by atoms with Gasteiger partial charge in [-0.25, -0.2) is 9.59 Å². The number of rotatable bonds is 8. The lowest BCUT2D eigenvalue weighted by Crippen LogP contribution is -2.46. The van der Waals surface area contributed by atoms with E-state index < -0.39 is 18.0 Å². The number of carbonyl (C=O) groups is 2. The molecule has 176 valence electrons. The Kier molecular flexibility index (Phi) is 7.54. The first-order valence-corrected chi connectivity index (χ1v) is 12.2. The lowest BCUT2D eigenvalue weighted by molar-refractivity contribution is -0.139. The van der Waals surface area contributed by atoms with Crippen molar-refractivity contribution in [2.24, 2.45) is 0 Å². The van der Waals surface area contributed by atoms with E-state index in [2.05, 4.69) is 20.8 Å². The van der Waals surface area contributed by atoms with Gasteiger partial charge in [-0.3, -0.25) is 0 Å². The first kappa shape index (κ1) is 23.2. The molecule has 1 fully saturated rings. The lowest BCUT2D eigenvalue weighted by atomic mass is 9.89. The zero-order valence-electron chi connectivity index (χ0n) is 18.8. The monoisotopic (exact) mass is 472 g/mol. The molecule has 2 heterocycles. The molecule has 0 saturated heterocycles. The highest BCUT2D eigenvalue weighted by molar-refractivity contribution is 7.99. The fraction of sp³-hybridized carbons (Fsp3) is 0.478. The molecule has 1 aromatic carbocycles. The van der Waals surface area contributed by atoms with E-state index in [0.29, 0.717) is 34.1 Å². The molecule has 4 rings (SSSR count). The molecule has 2 aromatic rings. The fourth-order valence-corrected chi connectivity index (χ4v) is 4.89. The minimum atomic E-state index is -0.653. The highest BCUT2D eigenvalue weighted by Gasteiger charge is 2.34. The van der Waals surface area contributed by atoms with Crippen LogP contribution in [0.2, 0.25) is 0 Å². The summed E-state index contributed by atoms with van der Waals surface area (Å²) < 4.78 is 16.4. The summed E-state index contributed by atoms with van der Waals surface area (Å²) >= 11 is 1.29. The molecule has 1 aromatic heterocycles. The second-order valence-electron chi connectivity index (χ2n) is 7.95. The molecule has 10 heteroatoms. The van der Waals surface area contributed by atoms with Gasteiger partial charge in [0.2, 0.25) is 5.89 Å². The summed E-state index contributed by atoms with van der Waals surface area (Å²) in [5, 5.41) is 14.4. The normalized spacial score (nSPS) is 19.1. The molecule has 1 aliphatic carbocycles. The standard InChI is InChI=1S/C23H28N4O5S/c1-3-31-21(28)18-17(13-33-23-27-26-20(32-23)15-7-5-4-6-8-15)24-22(29)25-19(18)14-9-11-16(30-2)12-10-14/h9-12,15,19H,3-8,13H2,1-2H3,(H2,24,25,29). The third-order valence-corrected chi connectivity index (χ3v) is 6.66. The second kappa shape index (κ2) is 10.7. The fourth-order valence-electron chi connectivity index (χ4n) is 4.16. The van der Waals surface area contributed by atoms with E-state index in [9.17, 15) is 9.59 Å². The molecule has 1 saturated carbocycles. The first-order valence-electron chi connectivity index (χ1n) is 11.2. The number of aromatic nitrogens is 2. The Hall–Kier alpha value is -3.01. The Morgan fingerprint density at radius 1 is 1.18 bits per heavy atom. The SMILES string of the molecule is CCOC(=O)C1=C(CSc2nnc(C3CCCCC3)o2)NC(=O)NC1c1ccc(OC)cc1. The van der Waals surface area contributed by atoms with Crippen LogP contribution in [-0.4, -0.2) is 41.7 Å². The highest BCUT2D eigenvalue weighted by Crippen LogP contribution is 2.34.